The molecule has 9 aromatic rings. The molecule has 0 amide bonds. The van der Waals surface area contributed by atoms with Crippen molar-refractivity contribution in [1.82, 2.24) is 0 Å². The van der Waals surface area contributed by atoms with Crippen LogP contribution < -0.4 is 0 Å². The van der Waals surface area contributed by atoms with Gasteiger partial charge in [-0.1, -0.05) is 154 Å². The number of hydrogen-bond acceptors (Lipinski definition) is 1. The van der Waals surface area contributed by atoms with E-state index < -0.39 is 0 Å². The Balaban J connectivity index is 1.28. The molecule has 0 fully saturated rings. The van der Waals surface area contributed by atoms with Crippen molar-refractivity contribution in [1.29, 1.82) is 0 Å². The Bertz CT molecular complexity index is 2670. The van der Waals surface area contributed by atoms with E-state index in [9.17, 15) is 0 Å². The Labute approximate surface area is 291 Å². The SMILES string of the molecule is CC(C)(C)c1cc(-c2cccc(-c3ccc4c(-c5ccccc5)c5ccccc5c(-c5ccccc5)c4c3)c2)cc2c1sc1ccccc12. The average Bonchev–Trinajstić information content (AvgIpc) is 3.52. The molecule has 0 radical (unpaired) electrons. The van der Waals surface area contributed by atoms with Crippen LogP contribution in [0.3, 0.4) is 0 Å². The van der Waals surface area contributed by atoms with Crippen LogP contribution in [0.15, 0.2) is 164 Å². The lowest BCUT2D eigenvalue weighted by molar-refractivity contribution is 0.597. The summed E-state index contributed by atoms with van der Waals surface area (Å²) < 4.78 is 2.75. The topological polar surface area (TPSA) is 0 Å². The summed E-state index contributed by atoms with van der Waals surface area (Å²) in [5.74, 6) is 0. The van der Waals surface area contributed by atoms with E-state index in [0.29, 0.717) is 0 Å². The third-order valence-electron chi connectivity index (χ3n) is 9.96. The predicted molar refractivity (Wildman–Crippen MR) is 215 cm³/mol. The fraction of sp³-hybridized carbons (Fsp3) is 0.0833. The van der Waals surface area contributed by atoms with Gasteiger partial charge in [-0.3, -0.25) is 0 Å². The fourth-order valence-corrected chi connectivity index (χ4v) is 9.03. The van der Waals surface area contributed by atoms with Crippen molar-refractivity contribution in [2.24, 2.45) is 0 Å². The molecule has 0 atom stereocenters. The highest BCUT2D eigenvalue weighted by atomic mass is 32.1. The summed E-state index contributed by atoms with van der Waals surface area (Å²) in [7, 11) is 0. The third-order valence-corrected chi connectivity index (χ3v) is 11.2. The van der Waals surface area contributed by atoms with Crippen molar-refractivity contribution < 1.29 is 0 Å². The van der Waals surface area contributed by atoms with Crippen molar-refractivity contribution in [3.05, 3.63) is 169 Å². The zero-order chi connectivity index (χ0) is 33.1. The van der Waals surface area contributed by atoms with Crippen LogP contribution in [0.4, 0.5) is 0 Å². The summed E-state index contributed by atoms with van der Waals surface area (Å²) in [4.78, 5) is 0. The van der Waals surface area contributed by atoms with Crippen LogP contribution in [0.25, 0.3) is 86.2 Å². The first-order chi connectivity index (χ1) is 23.9. The van der Waals surface area contributed by atoms with Gasteiger partial charge in [-0.2, -0.15) is 0 Å². The molecule has 234 valence electrons. The lowest BCUT2D eigenvalue weighted by atomic mass is 9.83. The van der Waals surface area contributed by atoms with Crippen molar-refractivity contribution in [3.63, 3.8) is 0 Å². The number of hydrogen-bond donors (Lipinski definition) is 0. The van der Waals surface area contributed by atoms with E-state index in [1.54, 1.807) is 0 Å². The summed E-state index contributed by atoms with van der Waals surface area (Å²) in [6.45, 7) is 7.00. The molecule has 9 rings (SSSR count). The molecule has 0 saturated carbocycles. The Morgan fingerprint density at radius 2 is 0.837 bits per heavy atom. The Kier molecular flexibility index (Phi) is 7.00. The second-order valence-electron chi connectivity index (χ2n) is 14.1. The average molecular weight is 645 g/mol. The summed E-state index contributed by atoms with van der Waals surface area (Å²) in [5, 5.41) is 7.79. The van der Waals surface area contributed by atoms with Crippen molar-refractivity contribution in [2.75, 3.05) is 0 Å². The maximum Gasteiger partial charge on any atom is 0.0393 e. The lowest BCUT2D eigenvalue weighted by Gasteiger charge is -2.21. The van der Waals surface area contributed by atoms with Crippen molar-refractivity contribution in [3.8, 4) is 44.5 Å². The molecule has 0 aliphatic rings. The zero-order valence-corrected chi connectivity index (χ0v) is 28.8. The third kappa shape index (κ3) is 5.05. The van der Waals surface area contributed by atoms with Gasteiger partial charge < -0.3 is 0 Å². The molecule has 1 heterocycles. The quantitative estimate of drug-likeness (QED) is 0.167. The van der Waals surface area contributed by atoms with E-state index in [2.05, 4.69) is 185 Å². The summed E-state index contributed by atoms with van der Waals surface area (Å²) in [6, 6.07) is 60.5. The summed E-state index contributed by atoms with van der Waals surface area (Å²) in [6.07, 6.45) is 0. The first-order valence-corrected chi connectivity index (χ1v) is 17.9. The fourth-order valence-electron chi connectivity index (χ4n) is 7.62. The van der Waals surface area contributed by atoms with Gasteiger partial charge in [0.25, 0.3) is 0 Å². The highest BCUT2D eigenvalue weighted by Gasteiger charge is 2.22. The second-order valence-corrected chi connectivity index (χ2v) is 15.2. The Morgan fingerprint density at radius 1 is 0.347 bits per heavy atom. The largest absolute Gasteiger partial charge is 0.135 e. The van der Waals surface area contributed by atoms with Gasteiger partial charge in [-0.05, 0) is 107 Å². The molecule has 0 spiro atoms. The molecule has 0 aliphatic carbocycles. The first kappa shape index (κ1) is 29.6. The zero-order valence-electron chi connectivity index (χ0n) is 28.0. The minimum atomic E-state index is 0.0260. The van der Waals surface area contributed by atoms with Crippen LogP contribution in [0, 0.1) is 0 Å². The van der Waals surface area contributed by atoms with Crippen molar-refractivity contribution in [2.45, 2.75) is 26.2 Å². The molecule has 49 heavy (non-hydrogen) atoms. The summed E-state index contributed by atoms with van der Waals surface area (Å²) >= 11 is 1.92. The molecular weight excluding hydrogens is 609 g/mol. The maximum atomic E-state index is 2.43. The monoisotopic (exact) mass is 644 g/mol. The smallest absolute Gasteiger partial charge is 0.0393 e. The Morgan fingerprint density at radius 3 is 1.49 bits per heavy atom. The molecule has 0 N–H and O–H groups in total. The first-order valence-electron chi connectivity index (χ1n) is 17.1. The predicted octanol–water partition coefficient (Wildman–Crippen LogP) is 14.3. The number of rotatable bonds is 4. The van der Waals surface area contributed by atoms with Gasteiger partial charge in [0.05, 0.1) is 0 Å². The normalized spacial score (nSPS) is 12.0. The van der Waals surface area contributed by atoms with E-state index in [1.807, 2.05) is 11.3 Å². The standard InChI is InChI=1S/C48H36S/c1-48(2,3)43-30-36(29-42-37-21-12-13-24-44(37)49-47(42)43)34-20-14-19-33(27-34)35-25-26-40-41(28-35)46(32-17-8-5-9-18-32)39-23-11-10-22-38(39)45(40)31-15-6-4-7-16-31/h4-30H,1-3H3. The van der Waals surface area contributed by atoms with Gasteiger partial charge in [0.1, 0.15) is 0 Å². The lowest BCUT2D eigenvalue weighted by Crippen LogP contribution is -2.11. The molecule has 8 aromatic carbocycles. The molecule has 0 bridgehead atoms. The maximum absolute atomic E-state index is 2.43. The van der Waals surface area contributed by atoms with Crippen LogP contribution >= 0.6 is 11.3 Å². The van der Waals surface area contributed by atoms with Crippen LogP contribution in [0.2, 0.25) is 0 Å². The van der Waals surface area contributed by atoms with E-state index in [0.717, 1.165) is 0 Å². The van der Waals surface area contributed by atoms with E-state index >= 15 is 0 Å². The minimum absolute atomic E-state index is 0.0260. The van der Waals surface area contributed by atoms with E-state index in [4.69, 9.17) is 0 Å². The van der Waals surface area contributed by atoms with Crippen LogP contribution in [0.5, 0.6) is 0 Å². The Hall–Kier alpha value is -5.50. The molecule has 1 aromatic heterocycles. The number of benzene rings is 8. The highest BCUT2D eigenvalue weighted by molar-refractivity contribution is 7.26. The van der Waals surface area contributed by atoms with Crippen LogP contribution in [-0.2, 0) is 5.41 Å². The van der Waals surface area contributed by atoms with Gasteiger partial charge in [0, 0.05) is 20.2 Å². The van der Waals surface area contributed by atoms with Crippen LogP contribution in [0.1, 0.15) is 26.3 Å². The van der Waals surface area contributed by atoms with Gasteiger partial charge in [0.2, 0.25) is 0 Å². The van der Waals surface area contributed by atoms with Gasteiger partial charge in [-0.25, -0.2) is 0 Å². The van der Waals surface area contributed by atoms with Gasteiger partial charge in [0.15, 0.2) is 0 Å². The van der Waals surface area contributed by atoms with E-state index in [-0.39, 0.29) is 5.41 Å². The van der Waals surface area contributed by atoms with Crippen LogP contribution in [-0.4, -0.2) is 0 Å². The molecule has 0 unspecified atom stereocenters. The number of fused-ring (bicyclic) bond motifs is 5. The summed E-state index contributed by atoms with van der Waals surface area (Å²) in [5.41, 5.74) is 11.4. The molecule has 1 heteroatoms. The van der Waals surface area contributed by atoms with Gasteiger partial charge >= 0.3 is 0 Å². The molecule has 0 saturated heterocycles. The molecule has 0 nitrogen and oxygen atoms in total. The second kappa shape index (κ2) is 11.6. The van der Waals surface area contributed by atoms with Crippen molar-refractivity contribution >= 4 is 53.1 Å². The minimum Gasteiger partial charge on any atom is -0.135 e. The van der Waals surface area contributed by atoms with E-state index in [1.165, 1.54) is 91.8 Å². The highest BCUT2D eigenvalue weighted by Crippen LogP contribution is 2.46. The molecule has 0 aliphatic heterocycles. The van der Waals surface area contributed by atoms with Gasteiger partial charge in [-0.15, -0.1) is 11.3 Å². The molecular formula is C48H36S. The number of thiophene rings is 1.